The molecule has 1 N–H and O–H groups in total. The molecule has 2 nitrogen and oxygen atoms in total. The van der Waals surface area contributed by atoms with Crippen LogP contribution in [0.15, 0.2) is 24.3 Å². The number of nitrogens with zero attached hydrogens (tertiary/aromatic N) is 1. The Morgan fingerprint density at radius 3 is 2.76 bits per heavy atom. The average molecular weight is 329 g/mol. The number of halogens is 1. The van der Waals surface area contributed by atoms with Crippen LogP contribution in [0.4, 0.5) is 0 Å². The molecule has 0 amide bonds. The maximum Gasteiger partial charge on any atom is 0.0409 e. The molecule has 2 atom stereocenters. The summed E-state index contributed by atoms with van der Waals surface area (Å²) in [6, 6.07) is 9.23. The van der Waals surface area contributed by atoms with E-state index < -0.39 is 0 Å². The molecule has 2 unspecified atom stereocenters. The quantitative estimate of drug-likeness (QED) is 0.683. The molecule has 21 heavy (non-hydrogen) atoms. The number of hydrogen-bond acceptors (Lipinski definition) is 3. The van der Waals surface area contributed by atoms with Crippen LogP contribution in [0.1, 0.15) is 38.3 Å². The third-order valence-electron chi connectivity index (χ3n) is 3.82. The summed E-state index contributed by atoms with van der Waals surface area (Å²) in [4.78, 5) is 2.45. The first-order valence-electron chi connectivity index (χ1n) is 7.76. The van der Waals surface area contributed by atoms with Crippen LogP contribution in [0, 0.1) is 0 Å². The minimum Gasteiger partial charge on any atom is -0.310 e. The van der Waals surface area contributed by atoms with E-state index in [1.807, 2.05) is 23.9 Å². The highest BCUT2D eigenvalue weighted by Gasteiger charge is 2.14. The van der Waals surface area contributed by atoms with Crippen molar-refractivity contribution in [1.29, 1.82) is 0 Å². The smallest absolute Gasteiger partial charge is 0.0409 e. The summed E-state index contributed by atoms with van der Waals surface area (Å²) in [6.07, 6.45) is 4.42. The summed E-state index contributed by atoms with van der Waals surface area (Å²) in [5.41, 5.74) is 1.29. The van der Waals surface area contributed by atoms with Crippen LogP contribution in [-0.4, -0.2) is 43.1 Å². The lowest BCUT2D eigenvalue weighted by molar-refractivity contribution is 0.260. The van der Waals surface area contributed by atoms with Crippen LogP contribution >= 0.6 is 23.4 Å². The maximum atomic E-state index is 6.14. The number of rotatable bonds is 10. The number of thioether (sulfide) groups is 1. The van der Waals surface area contributed by atoms with Crippen molar-refractivity contribution in [3.05, 3.63) is 34.9 Å². The molecule has 1 aromatic rings. The van der Waals surface area contributed by atoms with E-state index in [2.05, 4.69) is 49.5 Å². The van der Waals surface area contributed by atoms with E-state index in [1.54, 1.807) is 0 Å². The van der Waals surface area contributed by atoms with Gasteiger partial charge in [-0.15, -0.1) is 0 Å². The van der Waals surface area contributed by atoms with Crippen molar-refractivity contribution in [3.63, 3.8) is 0 Å². The zero-order valence-corrected chi connectivity index (χ0v) is 15.3. The molecule has 1 aromatic carbocycles. The Kier molecular flexibility index (Phi) is 9.41. The van der Waals surface area contributed by atoms with E-state index in [9.17, 15) is 0 Å². The van der Waals surface area contributed by atoms with Gasteiger partial charge in [-0.1, -0.05) is 30.7 Å². The lowest BCUT2D eigenvalue weighted by Crippen LogP contribution is -2.34. The summed E-state index contributed by atoms with van der Waals surface area (Å²) >= 11 is 8.05. The SMILES string of the molecule is CCCNC(CCN(C)C(C)CSC)c1cccc(Cl)c1. The highest BCUT2D eigenvalue weighted by atomic mass is 35.5. The first kappa shape index (κ1) is 18.8. The van der Waals surface area contributed by atoms with Crippen LogP contribution in [-0.2, 0) is 0 Å². The molecule has 0 aliphatic carbocycles. The van der Waals surface area contributed by atoms with Crippen LogP contribution in [0.2, 0.25) is 5.02 Å². The van der Waals surface area contributed by atoms with Gasteiger partial charge in [0.25, 0.3) is 0 Å². The Morgan fingerprint density at radius 2 is 2.14 bits per heavy atom. The van der Waals surface area contributed by atoms with E-state index in [-0.39, 0.29) is 0 Å². The summed E-state index contributed by atoms with van der Waals surface area (Å²) < 4.78 is 0. The van der Waals surface area contributed by atoms with Gasteiger partial charge in [-0.05, 0) is 63.9 Å². The maximum absolute atomic E-state index is 6.14. The van der Waals surface area contributed by atoms with E-state index in [0.29, 0.717) is 12.1 Å². The second-order valence-corrected chi connectivity index (χ2v) is 6.98. The van der Waals surface area contributed by atoms with Crippen LogP contribution < -0.4 is 5.32 Å². The summed E-state index contributed by atoms with van der Waals surface area (Å²) in [5.74, 6) is 1.18. The molecule has 1 rings (SSSR count). The van der Waals surface area contributed by atoms with Crippen molar-refractivity contribution < 1.29 is 0 Å². The summed E-state index contributed by atoms with van der Waals surface area (Å²) in [7, 11) is 2.22. The monoisotopic (exact) mass is 328 g/mol. The third-order valence-corrected chi connectivity index (χ3v) is 4.87. The fourth-order valence-corrected chi connectivity index (χ4v) is 3.29. The second-order valence-electron chi connectivity index (χ2n) is 5.64. The zero-order valence-electron chi connectivity index (χ0n) is 13.7. The van der Waals surface area contributed by atoms with Crippen molar-refractivity contribution in [2.75, 3.05) is 32.1 Å². The molecule has 0 aliphatic heterocycles. The van der Waals surface area contributed by atoms with Gasteiger partial charge in [-0.2, -0.15) is 11.8 Å². The predicted octanol–water partition coefficient (Wildman–Crippen LogP) is 4.45. The van der Waals surface area contributed by atoms with E-state index >= 15 is 0 Å². The van der Waals surface area contributed by atoms with E-state index in [0.717, 1.165) is 31.0 Å². The number of benzene rings is 1. The Bertz CT molecular complexity index is 400. The zero-order chi connectivity index (χ0) is 15.7. The molecule has 0 aromatic heterocycles. The molecule has 0 saturated heterocycles. The van der Waals surface area contributed by atoms with Gasteiger partial charge >= 0.3 is 0 Å². The molecule has 0 radical (unpaired) electrons. The van der Waals surface area contributed by atoms with Crippen molar-refractivity contribution in [2.24, 2.45) is 0 Å². The molecule has 0 bridgehead atoms. The molecule has 0 saturated carbocycles. The highest BCUT2D eigenvalue weighted by molar-refractivity contribution is 7.98. The molecule has 120 valence electrons. The molecule has 0 aliphatic rings. The minimum atomic E-state index is 0.382. The normalized spacial score (nSPS) is 14.4. The highest BCUT2D eigenvalue weighted by Crippen LogP contribution is 2.21. The van der Waals surface area contributed by atoms with Gasteiger partial charge < -0.3 is 10.2 Å². The Balaban J connectivity index is 2.62. The Hall–Kier alpha value is -0.220. The molecule has 0 fully saturated rings. The molecule has 0 spiro atoms. The van der Waals surface area contributed by atoms with Gasteiger partial charge in [0.1, 0.15) is 0 Å². The fourth-order valence-electron chi connectivity index (χ4n) is 2.35. The van der Waals surface area contributed by atoms with Crippen molar-refractivity contribution >= 4 is 23.4 Å². The first-order chi connectivity index (χ1) is 10.1. The largest absolute Gasteiger partial charge is 0.310 e. The Morgan fingerprint density at radius 1 is 1.38 bits per heavy atom. The van der Waals surface area contributed by atoms with Gasteiger partial charge in [0.05, 0.1) is 0 Å². The van der Waals surface area contributed by atoms with Crippen LogP contribution in [0.25, 0.3) is 0 Å². The lowest BCUT2D eigenvalue weighted by atomic mass is 10.0. The third kappa shape index (κ3) is 7.05. The standard InChI is InChI=1S/C17H29ClN2S/c1-5-10-19-17(15-7-6-8-16(18)12-15)9-11-20(3)14(2)13-21-4/h6-8,12,14,17,19H,5,9-11,13H2,1-4H3. The second kappa shape index (κ2) is 10.5. The van der Waals surface area contributed by atoms with Crippen molar-refractivity contribution in [2.45, 2.75) is 38.8 Å². The topological polar surface area (TPSA) is 15.3 Å². The molecule has 0 heterocycles. The van der Waals surface area contributed by atoms with Crippen LogP contribution in [0.5, 0.6) is 0 Å². The molecular weight excluding hydrogens is 300 g/mol. The van der Waals surface area contributed by atoms with Gasteiger partial charge in [-0.3, -0.25) is 0 Å². The van der Waals surface area contributed by atoms with Gasteiger partial charge in [-0.25, -0.2) is 0 Å². The number of nitrogens with one attached hydrogen (secondary N) is 1. The van der Waals surface area contributed by atoms with Gasteiger partial charge in [0.15, 0.2) is 0 Å². The first-order valence-corrected chi connectivity index (χ1v) is 9.53. The minimum absolute atomic E-state index is 0.382. The van der Waals surface area contributed by atoms with E-state index in [1.165, 1.54) is 11.3 Å². The molecular formula is C17H29ClN2S. The summed E-state index contributed by atoms with van der Waals surface area (Å²) in [5, 5.41) is 4.47. The Labute approximate surface area is 139 Å². The van der Waals surface area contributed by atoms with E-state index in [4.69, 9.17) is 11.6 Å². The van der Waals surface area contributed by atoms with Gasteiger partial charge in [0, 0.05) is 22.9 Å². The average Bonchev–Trinajstić information content (AvgIpc) is 2.47. The van der Waals surface area contributed by atoms with Crippen molar-refractivity contribution in [3.8, 4) is 0 Å². The lowest BCUT2D eigenvalue weighted by Gasteiger charge is -2.27. The predicted molar refractivity (Wildman–Crippen MR) is 97.6 cm³/mol. The van der Waals surface area contributed by atoms with Crippen LogP contribution in [0.3, 0.4) is 0 Å². The fraction of sp³-hybridized carbons (Fsp3) is 0.647. The number of hydrogen-bond donors (Lipinski definition) is 1. The summed E-state index contributed by atoms with van der Waals surface area (Å²) in [6.45, 7) is 6.63. The molecule has 4 heteroatoms. The van der Waals surface area contributed by atoms with Crippen molar-refractivity contribution in [1.82, 2.24) is 10.2 Å². The van der Waals surface area contributed by atoms with Gasteiger partial charge in [0.2, 0.25) is 0 Å².